The first-order chi connectivity index (χ1) is 15.7. The Bertz CT molecular complexity index is 1300. The molecule has 0 fully saturated rings. The van der Waals surface area contributed by atoms with E-state index in [0.29, 0.717) is 36.0 Å². The van der Waals surface area contributed by atoms with Crippen molar-refractivity contribution in [1.29, 1.82) is 0 Å². The molecule has 1 atom stereocenters. The zero-order valence-electron chi connectivity index (χ0n) is 18.7. The average Bonchev–Trinajstić information content (AvgIpc) is 2.78. The molecule has 0 saturated heterocycles. The highest BCUT2D eigenvalue weighted by Gasteiger charge is 2.21. The van der Waals surface area contributed by atoms with E-state index in [2.05, 4.69) is 10.0 Å². The van der Waals surface area contributed by atoms with E-state index in [9.17, 15) is 13.2 Å². The SMILES string of the molecule is Cc1cccc(NS(=O)(=O)c2cc(C(=O)NC(C)c3ccc4c(c3)OCCO4)ccc2C)c1. The first-order valence-corrected chi connectivity index (χ1v) is 12.1. The molecular weight excluding hydrogens is 440 g/mol. The second kappa shape index (κ2) is 9.15. The van der Waals surface area contributed by atoms with Gasteiger partial charge in [-0.2, -0.15) is 0 Å². The van der Waals surface area contributed by atoms with E-state index in [1.807, 2.05) is 38.1 Å². The largest absolute Gasteiger partial charge is 0.486 e. The van der Waals surface area contributed by atoms with Gasteiger partial charge >= 0.3 is 0 Å². The molecule has 1 aliphatic rings. The fraction of sp³-hybridized carbons (Fsp3) is 0.240. The lowest BCUT2D eigenvalue weighted by Gasteiger charge is -2.21. The normalized spacial score (nSPS) is 13.8. The Morgan fingerprint density at radius 3 is 2.45 bits per heavy atom. The van der Waals surface area contributed by atoms with Crippen LogP contribution in [0.25, 0.3) is 0 Å². The second-order valence-corrected chi connectivity index (χ2v) is 9.70. The van der Waals surface area contributed by atoms with E-state index in [0.717, 1.165) is 11.1 Å². The molecule has 8 heteroatoms. The Hall–Kier alpha value is -3.52. The first-order valence-electron chi connectivity index (χ1n) is 10.6. The predicted octanol–water partition coefficient (Wildman–Crippen LogP) is 4.37. The molecule has 2 N–H and O–H groups in total. The van der Waals surface area contributed by atoms with Crippen molar-refractivity contribution >= 4 is 21.6 Å². The summed E-state index contributed by atoms with van der Waals surface area (Å²) in [6.45, 7) is 6.43. The van der Waals surface area contributed by atoms with Gasteiger partial charge in [-0.25, -0.2) is 8.42 Å². The second-order valence-electron chi connectivity index (χ2n) is 8.05. The number of anilines is 1. The average molecular weight is 467 g/mol. The van der Waals surface area contributed by atoms with Crippen molar-refractivity contribution in [3.05, 3.63) is 82.9 Å². The summed E-state index contributed by atoms with van der Waals surface area (Å²) in [5.41, 5.74) is 3.07. The van der Waals surface area contributed by atoms with E-state index in [1.165, 1.54) is 6.07 Å². The van der Waals surface area contributed by atoms with Crippen LogP contribution < -0.4 is 19.5 Å². The number of rotatable bonds is 6. The summed E-state index contributed by atoms with van der Waals surface area (Å²) in [5.74, 6) is 0.952. The van der Waals surface area contributed by atoms with Gasteiger partial charge in [0.25, 0.3) is 15.9 Å². The molecule has 1 unspecified atom stereocenters. The fourth-order valence-corrected chi connectivity index (χ4v) is 4.96. The summed E-state index contributed by atoms with van der Waals surface area (Å²) in [7, 11) is -3.87. The van der Waals surface area contributed by atoms with Crippen LogP contribution in [-0.2, 0) is 10.0 Å². The van der Waals surface area contributed by atoms with E-state index in [-0.39, 0.29) is 22.4 Å². The number of benzene rings is 3. The number of hydrogen-bond acceptors (Lipinski definition) is 5. The summed E-state index contributed by atoms with van der Waals surface area (Å²) in [5, 5.41) is 2.92. The van der Waals surface area contributed by atoms with Crippen molar-refractivity contribution in [2.24, 2.45) is 0 Å². The van der Waals surface area contributed by atoms with Crippen LogP contribution in [0.15, 0.2) is 65.6 Å². The lowest BCUT2D eigenvalue weighted by molar-refractivity contribution is 0.0939. The van der Waals surface area contributed by atoms with Crippen LogP contribution in [0.5, 0.6) is 11.5 Å². The lowest BCUT2D eigenvalue weighted by atomic mass is 10.1. The smallest absolute Gasteiger partial charge is 0.262 e. The van der Waals surface area contributed by atoms with Gasteiger partial charge < -0.3 is 14.8 Å². The van der Waals surface area contributed by atoms with E-state index in [4.69, 9.17) is 9.47 Å². The van der Waals surface area contributed by atoms with Crippen LogP contribution >= 0.6 is 0 Å². The number of hydrogen-bond donors (Lipinski definition) is 2. The molecule has 172 valence electrons. The first kappa shape index (κ1) is 22.7. The van der Waals surface area contributed by atoms with Gasteiger partial charge in [0.2, 0.25) is 0 Å². The summed E-state index contributed by atoms with van der Waals surface area (Å²) < 4.78 is 39.8. The molecule has 1 heterocycles. The molecule has 33 heavy (non-hydrogen) atoms. The van der Waals surface area contributed by atoms with Crippen LogP contribution in [0.3, 0.4) is 0 Å². The van der Waals surface area contributed by atoms with Crippen LogP contribution in [0.4, 0.5) is 5.69 Å². The van der Waals surface area contributed by atoms with Crippen molar-refractivity contribution in [3.8, 4) is 11.5 Å². The van der Waals surface area contributed by atoms with Crippen molar-refractivity contribution in [2.75, 3.05) is 17.9 Å². The number of fused-ring (bicyclic) bond motifs is 1. The standard InChI is InChI=1S/C25H26N2O5S/c1-16-5-4-6-21(13-16)27-33(29,30)24-15-20(8-7-17(24)2)25(28)26-18(3)19-9-10-22-23(14-19)32-12-11-31-22/h4-10,13-15,18,27H,11-12H2,1-3H3,(H,26,28). The van der Waals surface area contributed by atoms with Crippen LogP contribution in [-0.4, -0.2) is 27.5 Å². The Morgan fingerprint density at radius 1 is 0.939 bits per heavy atom. The number of sulfonamides is 1. The van der Waals surface area contributed by atoms with Gasteiger partial charge in [0.15, 0.2) is 11.5 Å². The van der Waals surface area contributed by atoms with Crippen LogP contribution in [0, 0.1) is 13.8 Å². The Labute approximate surface area is 193 Å². The highest BCUT2D eigenvalue weighted by atomic mass is 32.2. The highest BCUT2D eigenvalue weighted by Crippen LogP contribution is 2.32. The Balaban J connectivity index is 1.53. The number of carbonyl (C=O) groups is 1. The Kier molecular flexibility index (Phi) is 6.29. The molecule has 0 bridgehead atoms. The van der Waals surface area contributed by atoms with Gasteiger partial charge in [0.1, 0.15) is 13.2 Å². The van der Waals surface area contributed by atoms with Crippen molar-refractivity contribution in [2.45, 2.75) is 31.7 Å². The number of ether oxygens (including phenoxy) is 2. The van der Waals surface area contributed by atoms with Gasteiger partial charge in [-0.1, -0.05) is 24.3 Å². The third kappa shape index (κ3) is 5.12. The monoisotopic (exact) mass is 466 g/mol. The summed E-state index contributed by atoms with van der Waals surface area (Å²) in [4.78, 5) is 13.0. The lowest BCUT2D eigenvalue weighted by Crippen LogP contribution is -2.27. The zero-order chi connectivity index (χ0) is 23.6. The van der Waals surface area contributed by atoms with E-state index >= 15 is 0 Å². The van der Waals surface area contributed by atoms with Gasteiger partial charge in [0.05, 0.1) is 10.9 Å². The molecule has 1 amide bonds. The molecule has 4 rings (SSSR count). The van der Waals surface area contributed by atoms with Crippen LogP contribution in [0.1, 0.15) is 40.0 Å². The van der Waals surface area contributed by atoms with E-state index < -0.39 is 10.0 Å². The molecule has 0 radical (unpaired) electrons. The maximum atomic E-state index is 13.0. The molecule has 1 aliphatic heterocycles. The minimum absolute atomic E-state index is 0.0589. The minimum atomic E-state index is -3.87. The maximum Gasteiger partial charge on any atom is 0.262 e. The minimum Gasteiger partial charge on any atom is -0.486 e. The number of aryl methyl sites for hydroxylation is 2. The van der Waals surface area contributed by atoms with E-state index in [1.54, 1.807) is 37.3 Å². The number of carbonyl (C=O) groups excluding carboxylic acids is 1. The van der Waals surface area contributed by atoms with Crippen molar-refractivity contribution < 1.29 is 22.7 Å². The quantitative estimate of drug-likeness (QED) is 0.563. The van der Waals surface area contributed by atoms with Gasteiger partial charge in [-0.05, 0) is 73.9 Å². The molecule has 3 aromatic rings. The van der Waals surface area contributed by atoms with Gasteiger partial charge in [-0.3, -0.25) is 9.52 Å². The summed E-state index contributed by atoms with van der Waals surface area (Å²) in [6, 6.07) is 17.0. The molecule has 7 nitrogen and oxygen atoms in total. The third-order valence-corrected chi connectivity index (χ3v) is 6.95. The molecule has 0 aromatic heterocycles. The maximum absolute atomic E-state index is 13.0. The van der Waals surface area contributed by atoms with Gasteiger partial charge in [0, 0.05) is 11.3 Å². The van der Waals surface area contributed by atoms with Gasteiger partial charge in [-0.15, -0.1) is 0 Å². The number of nitrogens with one attached hydrogen (secondary N) is 2. The molecule has 0 spiro atoms. The Morgan fingerprint density at radius 2 is 1.70 bits per heavy atom. The summed E-state index contributed by atoms with van der Waals surface area (Å²) in [6.07, 6.45) is 0. The predicted molar refractivity (Wildman–Crippen MR) is 126 cm³/mol. The highest BCUT2D eigenvalue weighted by molar-refractivity contribution is 7.92. The fourth-order valence-electron chi connectivity index (χ4n) is 3.64. The topological polar surface area (TPSA) is 93.7 Å². The molecular formula is C25H26N2O5S. The zero-order valence-corrected chi connectivity index (χ0v) is 19.5. The molecule has 0 aliphatic carbocycles. The molecule has 0 saturated carbocycles. The van der Waals surface area contributed by atoms with Crippen molar-refractivity contribution in [3.63, 3.8) is 0 Å². The molecule has 3 aromatic carbocycles. The van der Waals surface area contributed by atoms with Crippen LogP contribution in [0.2, 0.25) is 0 Å². The van der Waals surface area contributed by atoms with Crippen molar-refractivity contribution in [1.82, 2.24) is 5.32 Å². The summed E-state index contributed by atoms with van der Waals surface area (Å²) >= 11 is 0. The number of amides is 1. The third-order valence-electron chi connectivity index (χ3n) is 5.42.